The lowest BCUT2D eigenvalue weighted by Gasteiger charge is -2.38. The van der Waals surface area contributed by atoms with Crippen molar-refractivity contribution in [1.29, 1.82) is 0 Å². The monoisotopic (exact) mass is 590 g/mol. The van der Waals surface area contributed by atoms with Gasteiger partial charge in [-0.1, -0.05) is 44.2 Å². The van der Waals surface area contributed by atoms with E-state index in [1.54, 1.807) is 18.7 Å². The molecule has 3 amide bonds. The maximum absolute atomic E-state index is 13.9. The van der Waals surface area contributed by atoms with E-state index in [9.17, 15) is 19.5 Å². The van der Waals surface area contributed by atoms with Crippen LogP contribution in [0.15, 0.2) is 48.5 Å². The van der Waals surface area contributed by atoms with E-state index >= 15 is 0 Å². The number of rotatable bonds is 9. The van der Waals surface area contributed by atoms with Gasteiger partial charge in [0.05, 0.1) is 5.92 Å². The molecule has 9 heteroatoms. The lowest BCUT2D eigenvalue weighted by atomic mass is 9.95. The summed E-state index contributed by atoms with van der Waals surface area (Å²) in [5, 5.41) is 9.21. The molecule has 1 aliphatic carbocycles. The Bertz CT molecular complexity index is 1300. The molecule has 3 fully saturated rings. The minimum atomic E-state index is -1.11. The Labute approximate surface area is 255 Å². The van der Waals surface area contributed by atoms with E-state index in [1.807, 2.05) is 24.3 Å². The van der Waals surface area contributed by atoms with Crippen molar-refractivity contribution in [1.82, 2.24) is 14.7 Å². The van der Waals surface area contributed by atoms with Crippen molar-refractivity contribution in [3.8, 4) is 5.75 Å². The highest BCUT2D eigenvalue weighted by Gasteiger charge is 2.38. The first-order valence-electron chi connectivity index (χ1n) is 15.7. The SMILES string of the molecule is CC(C)c1ccc(CN(C(=O)C2CCCN(c3cccc(OC(C)(C)C(=O)N4CCN(C(=O)O)CC4)c3)C2)C2CC2)cc1. The topological polar surface area (TPSA) is 93.6 Å². The third-order valence-electron chi connectivity index (χ3n) is 8.95. The summed E-state index contributed by atoms with van der Waals surface area (Å²) in [4.78, 5) is 45.8. The molecule has 9 nitrogen and oxygen atoms in total. The first-order chi connectivity index (χ1) is 20.5. The van der Waals surface area contributed by atoms with Crippen LogP contribution in [-0.2, 0) is 16.1 Å². The zero-order valence-corrected chi connectivity index (χ0v) is 26.0. The maximum atomic E-state index is 13.9. The number of hydrogen-bond acceptors (Lipinski definition) is 5. The zero-order valence-electron chi connectivity index (χ0n) is 26.0. The molecule has 1 N–H and O–H groups in total. The number of carbonyl (C=O) groups is 3. The van der Waals surface area contributed by atoms with E-state index < -0.39 is 11.7 Å². The Morgan fingerprint density at radius 2 is 1.63 bits per heavy atom. The Kier molecular flexibility index (Phi) is 9.18. The highest BCUT2D eigenvalue weighted by atomic mass is 16.5. The van der Waals surface area contributed by atoms with Gasteiger partial charge >= 0.3 is 6.09 Å². The fourth-order valence-electron chi connectivity index (χ4n) is 6.19. The Morgan fingerprint density at radius 3 is 2.26 bits per heavy atom. The Balaban J connectivity index is 1.21. The van der Waals surface area contributed by atoms with Crippen LogP contribution in [0.5, 0.6) is 5.75 Å². The first kappa shape index (κ1) is 30.7. The molecular weight excluding hydrogens is 544 g/mol. The van der Waals surface area contributed by atoms with Gasteiger partial charge in [0.25, 0.3) is 5.91 Å². The lowest BCUT2D eigenvalue weighted by Crippen LogP contribution is -2.56. The molecule has 232 valence electrons. The predicted octanol–water partition coefficient (Wildman–Crippen LogP) is 5.20. The van der Waals surface area contributed by atoms with E-state index in [-0.39, 0.29) is 17.7 Å². The summed E-state index contributed by atoms with van der Waals surface area (Å²) in [6, 6.07) is 16.8. The summed E-state index contributed by atoms with van der Waals surface area (Å²) >= 11 is 0. The Morgan fingerprint density at radius 1 is 0.953 bits per heavy atom. The predicted molar refractivity (Wildman–Crippen MR) is 166 cm³/mol. The Hall–Kier alpha value is -3.75. The maximum Gasteiger partial charge on any atom is 0.407 e. The van der Waals surface area contributed by atoms with E-state index in [0.29, 0.717) is 57.0 Å². The number of carbonyl (C=O) groups excluding carboxylic acids is 2. The van der Waals surface area contributed by atoms with Crippen molar-refractivity contribution in [3.05, 3.63) is 59.7 Å². The summed E-state index contributed by atoms with van der Waals surface area (Å²) in [5.41, 5.74) is 2.37. The highest BCUT2D eigenvalue weighted by molar-refractivity contribution is 5.85. The number of anilines is 1. The van der Waals surface area contributed by atoms with Gasteiger partial charge in [0, 0.05) is 63.6 Å². The second-order valence-electron chi connectivity index (χ2n) is 13.1. The van der Waals surface area contributed by atoms with Crippen LogP contribution in [0.2, 0.25) is 0 Å². The minimum Gasteiger partial charge on any atom is -0.478 e. The van der Waals surface area contributed by atoms with Gasteiger partial charge in [-0.15, -0.1) is 0 Å². The second kappa shape index (κ2) is 12.9. The number of nitrogens with zero attached hydrogens (tertiary/aromatic N) is 4. The van der Waals surface area contributed by atoms with Gasteiger partial charge in [0.2, 0.25) is 5.91 Å². The highest BCUT2D eigenvalue weighted by Crippen LogP contribution is 2.34. The molecule has 1 unspecified atom stereocenters. The van der Waals surface area contributed by atoms with Gasteiger partial charge in [0.1, 0.15) is 5.75 Å². The van der Waals surface area contributed by atoms with Gasteiger partial charge in [-0.2, -0.15) is 0 Å². The van der Waals surface area contributed by atoms with Gasteiger partial charge in [-0.25, -0.2) is 4.79 Å². The number of piperidine rings is 1. The molecule has 3 aliphatic rings. The second-order valence-corrected chi connectivity index (χ2v) is 13.1. The minimum absolute atomic E-state index is 0.0589. The normalized spacial score (nSPS) is 19.4. The summed E-state index contributed by atoms with van der Waals surface area (Å²) in [7, 11) is 0. The van der Waals surface area contributed by atoms with Crippen molar-refractivity contribution >= 4 is 23.6 Å². The molecular formula is C34H46N4O5. The van der Waals surface area contributed by atoms with Crippen LogP contribution in [-0.4, -0.2) is 88.6 Å². The summed E-state index contributed by atoms with van der Waals surface area (Å²) < 4.78 is 6.24. The van der Waals surface area contributed by atoms with E-state index in [4.69, 9.17) is 4.74 Å². The molecule has 2 saturated heterocycles. The summed E-state index contributed by atoms with van der Waals surface area (Å²) in [6.45, 7) is 11.4. The van der Waals surface area contributed by atoms with E-state index in [2.05, 4.69) is 47.9 Å². The van der Waals surface area contributed by atoms with Crippen LogP contribution in [0.3, 0.4) is 0 Å². The molecule has 2 heterocycles. The fourth-order valence-corrected chi connectivity index (χ4v) is 6.19. The van der Waals surface area contributed by atoms with Crippen LogP contribution >= 0.6 is 0 Å². The summed E-state index contributed by atoms with van der Waals surface area (Å²) in [5.74, 6) is 1.11. The number of hydrogen-bond donors (Lipinski definition) is 1. The smallest absolute Gasteiger partial charge is 0.407 e. The molecule has 0 radical (unpaired) electrons. The molecule has 2 aromatic rings. The van der Waals surface area contributed by atoms with Crippen molar-refractivity contribution in [2.45, 2.75) is 77.5 Å². The average molecular weight is 591 g/mol. The van der Waals surface area contributed by atoms with Gasteiger partial charge in [-0.05, 0) is 68.7 Å². The molecule has 43 heavy (non-hydrogen) atoms. The van der Waals surface area contributed by atoms with Crippen molar-refractivity contribution in [3.63, 3.8) is 0 Å². The molecule has 2 aliphatic heterocycles. The number of carboxylic acid groups (broad SMARTS) is 1. The van der Waals surface area contributed by atoms with Crippen LogP contribution in [0, 0.1) is 5.92 Å². The number of piperazine rings is 1. The first-order valence-corrected chi connectivity index (χ1v) is 15.7. The largest absolute Gasteiger partial charge is 0.478 e. The lowest BCUT2D eigenvalue weighted by molar-refractivity contribution is -0.147. The van der Waals surface area contributed by atoms with E-state index in [1.165, 1.54) is 16.0 Å². The average Bonchev–Trinajstić information content (AvgIpc) is 3.85. The standard InChI is InChI=1S/C34H46N4O5/c1-24(2)26-12-10-25(11-13-26)22-38(28-14-15-28)31(39)27-7-6-16-37(23-27)29-8-5-9-30(21-29)43-34(3,4)32(40)35-17-19-36(20-18-35)33(41)42/h5,8-13,21,24,27-28H,6-7,14-20,22-23H2,1-4H3,(H,41,42). The molecule has 5 rings (SSSR count). The van der Waals surface area contributed by atoms with Crippen LogP contribution in [0.25, 0.3) is 0 Å². The quantitative estimate of drug-likeness (QED) is 0.432. The number of amides is 3. The molecule has 0 aromatic heterocycles. The molecule has 1 atom stereocenters. The van der Waals surface area contributed by atoms with Crippen molar-refractivity contribution in [2.24, 2.45) is 5.92 Å². The number of ether oxygens (including phenoxy) is 1. The van der Waals surface area contributed by atoms with Crippen molar-refractivity contribution < 1.29 is 24.2 Å². The van der Waals surface area contributed by atoms with E-state index in [0.717, 1.165) is 37.9 Å². The third kappa shape index (κ3) is 7.43. The fraction of sp³-hybridized carbons (Fsp3) is 0.559. The van der Waals surface area contributed by atoms with Crippen molar-refractivity contribution in [2.75, 3.05) is 44.2 Å². The summed E-state index contributed by atoms with van der Waals surface area (Å²) in [6.07, 6.45) is 3.02. The molecule has 0 bridgehead atoms. The van der Waals surface area contributed by atoms with Crippen LogP contribution in [0.4, 0.5) is 10.5 Å². The molecule has 2 aromatic carbocycles. The van der Waals surface area contributed by atoms with Gasteiger partial charge in [0.15, 0.2) is 5.60 Å². The zero-order chi connectivity index (χ0) is 30.7. The van der Waals surface area contributed by atoms with Crippen LogP contribution in [0.1, 0.15) is 70.4 Å². The van der Waals surface area contributed by atoms with Gasteiger partial charge < -0.3 is 29.4 Å². The number of benzene rings is 2. The molecule has 0 spiro atoms. The third-order valence-corrected chi connectivity index (χ3v) is 8.95. The molecule has 1 saturated carbocycles. The van der Waals surface area contributed by atoms with Gasteiger partial charge in [-0.3, -0.25) is 9.59 Å². The van der Waals surface area contributed by atoms with Crippen LogP contribution < -0.4 is 9.64 Å².